The van der Waals surface area contributed by atoms with Gasteiger partial charge in [0.05, 0.1) is 9.88 Å². The van der Waals surface area contributed by atoms with Crippen molar-refractivity contribution in [1.82, 2.24) is 9.88 Å². The molecule has 0 bridgehead atoms. The molecular formula is C14H22N2OS. The summed E-state index contributed by atoms with van der Waals surface area (Å²) in [5, 5.41) is 1.13. The molecule has 1 aromatic rings. The Morgan fingerprint density at radius 2 is 2.17 bits per heavy atom. The zero-order valence-corrected chi connectivity index (χ0v) is 12.3. The molecule has 0 amide bonds. The Labute approximate surface area is 113 Å². The van der Waals surface area contributed by atoms with Crippen molar-refractivity contribution >= 4 is 17.1 Å². The molecule has 100 valence electrons. The smallest absolute Gasteiger partial charge is 0.171 e. The molecule has 0 saturated carbocycles. The summed E-state index contributed by atoms with van der Waals surface area (Å²) in [6.07, 6.45) is 5.29. The minimum absolute atomic E-state index is 0.133. The highest BCUT2D eigenvalue weighted by Gasteiger charge is 2.22. The fraction of sp³-hybridized carbons (Fsp3) is 0.714. The molecule has 0 aliphatic carbocycles. The second kappa shape index (κ2) is 5.93. The number of hydrogen-bond donors (Lipinski definition) is 0. The van der Waals surface area contributed by atoms with Crippen LogP contribution in [0.25, 0.3) is 0 Å². The number of piperidine rings is 1. The number of rotatable bonds is 4. The number of carbonyl (C=O) groups excluding carboxylic acids is 1. The number of aromatic nitrogens is 1. The van der Waals surface area contributed by atoms with E-state index in [4.69, 9.17) is 0 Å². The maximum absolute atomic E-state index is 11.2. The molecule has 0 aromatic carbocycles. The second-order valence-electron chi connectivity index (χ2n) is 5.45. The maximum atomic E-state index is 11.2. The SMILES string of the molecule is CC(=O)c1cnc(CC2CCN(C(C)C)CC2)s1. The van der Waals surface area contributed by atoms with Gasteiger partial charge in [-0.05, 0) is 45.7 Å². The van der Waals surface area contributed by atoms with Gasteiger partial charge in [0, 0.05) is 25.6 Å². The van der Waals surface area contributed by atoms with Gasteiger partial charge >= 0.3 is 0 Å². The van der Waals surface area contributed by atoms with Gasteiger partial charge in [0.25, 0.3) is 0 Å². The molecule has 1 aromatic heterocycles. The molecule has 1 saturated heterocycles. The Morgan fingerprint density at radius 1 is 1.50 bits per heavy atom. The molecule has 1 aliphatic rings. The van der Waals surface area contributed by atoms with E-state index >= 15 is 0 Å². The Morgan fingerprint density at radius 3 is 2.67 bits per heavy atom. The van der Waals surface area contributed by atoms with Crippen LogP contribution in [0.5, 0.6) is 0 Å². The molecule has 0 atom stereocenters. The van der Waals surface area contributed by atoms with Crippen LogP contribution in [-0.2, 0) is 6.42 Å². The van der Waals surface area contributed by atoms with Crippen LogP contribution < -0.4 is 0 Å². The van der Waals surface area contributed by atoms with Gasteiger partial charge in [-0.15, -0.1) is 11.3 Å². The number of likely N-dealkylation sites (tertiary alicyclic amines) is 1. The van der Waals surface area contributed by atoms with E-state index < -0.39 is 0 Å². The lowest BCUT2D eigenvalue weighted by Crippen LogP contribution is -2.38. The van der Waals surface area contributed by atoms with E-state index in [9.17, 15) is 4.79 Å². The number of thiazole rings is 1. The lowest BCUT2D eigenvalue weighted by atomic mass is 9.93. The predicted octanol–water partition coefficient (Wildman–Crippen LogP) is 3.01. The van der Waals surface area contributed by atoms with Gasteiger partial charge < -0.3 is 4.90 Å². The average molecular weight is 266 g/mol. The van der Waals surface area contributed by atoms with E-state index in [0.717, 1.165) is 22.2 Å². The highest BCUT2D eigenvalue weighted by molar-refractivity contribution is 7.13. The molecule has 0 N–H and O–H groups in total. The molecular weight excluding hydrogens is 244 g/mol. The van der Waals surface area contributed by atoms with E-state index in [1.54, 1.807) is 24.5 Å². The molecule has 0 spiro atoms. The van der Waals surface area contributed by atoms with Gasteiger partial charge in [-0.3, -0.25) is 4.79 Å². The number of ketones is 1. The highest BCUT2D eigenvalue weighted by atomic mass is 32.1. The molecule has 18 heavy (non-hydrogen) atoms. The van der Waals surface area contributed by atoms with Crippen LogP contribution >= 0.6 is 11.3 Å². The van der Waals surface area contributed by atoms with Gasteiger partial charge in [0.2, 0.25) is 0 Å². The summed E-state index contributed by atoms with van der Waals surface area (Å²) in [6.45, 7) is 8.54. The lowest BCUT2D eigenvalue weighted by molar-refractivity contribution is 0.102. The summed E-state index contributed by atoms with van der Waals surface area (Å²) in [7, 11) is 0. The largest absolute Gasteiger partial charge is 0.301 e. The van der Waals surface area contributed by atoms with Crippen LogP contribution in [-0.4, -0.2) is 34.8 Å². The van der Waals surface area contributed by atoms with Crippen molar-refractivity contribution in [2.24, 2.45) is 5.92 Å². The fourth-order valence-corrected chi connectivity index (χ4v) is 3.42. The van der Waals surface area contributed by atoms with Gasteiger partial charge in [-0.2, -0.15) is 0 Å². The summed E-state index contributed by atoms with van der Waals surface area (Å²) in [5.41, 5.74) is 0. The van der Waals surface area contributed by atoms with E-state index in [1.165, 1.54) is 25.9 Å². The van der Waals surface area contributed by atoms with E-state index in [2.05, 4.69) is 23.7 Å². The van der Waals surface area contributed by atoms with Gasteiger partial charge in [0.1, 0.15) is 0 Å². The van der Waals surface area contributed by atoms with Crippen LogP contribution in [0.1, 0.15) is 48.3 Å². The standard InChI is InChI=1S/C14H22N2OS/c1-10(2)16-6-4-12(5-7-16)8-14-15-9-13(18-14)11(3)17/h9-10,12H,4-8H2,1-3H3. The minimum Gasteiger partial charge on any atom is -0.301 e. The Kier molecular flexibility index (Phi) is 4.51. The summed E-state index contributed by atoms with van der Waals surface area (Å²) < 4.78 is 0. The third-order valence-corrected chi connectivity index (χ3v) is 4.86. The van der Waals surface area contributed by atoms with Crippen LogP contribution in [0.4, 0.5) is 0 Å². The van der Waals surface area contributed by atoms with E-state index in [0.29, 0.717) is 6.04 Å². The zero-order valence-electron chi connectivity index (χ0n) is 11.5. The quantitative estimate of drug-likeness (QED) is 0.785. The predicted molar refractivity (Wildman–Crippen MR) is 75.3 cm³/mol. The zero-order chi connectivity index (χ0) is 13.1. The first-order valence-corrected chi connectivity index (χ1v) is 7.57. The van der Waals surface area contributed by atoms with Crippen LogP contribution in [0.2, 0.25) is 0 Å². The van der Waals surface area contributed by atoms with Crippen molar-refractivity contribution < 1.29 is 4.79 Å². The number of hydrogen-bond acceptors (Lipinski definition) is 4. The van der Waals surface area contributed by atoms with Crippen molar-refractivity contribution in [3.8, 4) is 0 Å². The first-order chi connectivity index (χ1) is 8.56. The van der Waals surface area contributed by atoms with Crippen molar-refractivity contribution in [3.05, 3.63) is 16.1 Å². The molecule has 1 aliphatic heterocycles. The lowest BCUT2D eigenvalue weighted by Gasteiger charge is -2.34. The molecule has 2 heterocycles. The summed E-state index contributed by atoms with van der Waals surface area (Å²) in [4.78, 5) is 18.9. The highest BCUT2D eigenvalue weighted by Crippen LogP contribution is 2.25. The second-order valence-corrected chi connectivity index (χ2v) is 6.57. The molecule has 1 fully saturated rings. The molecule has 2 rings (SSSR count). The monoisotopic (exact) mass is 266 g/mol. The molecule has 3 nitrogen and oxygen atoms in total. The Bertz CT molecular complexity index is 406. The van der Waals surface area contributed by atoms with Crippen molar-refractivity contribution in [1.29, 1.82) is 0 Å². The fourth-order valence-electron chi connectivity index (χ4n) is 2.49. The summed E-state index contributed by atoms with van der Waals surface area (Å²) in [5.74, 6) is 0.874. The normalized spacial score (nSPS) is 18.4. The van der Waals surface area contributed by atoms with Crippen LogP contribution in [0.15, 0.2) is 6.20 Å². The summed E-state index contributed by atoms with van der Waals surface area (Å²) in [6, 6.07) is 0.662. The van der Waals surface area contributed by atoms with Gasteiger partial charge in [-0.1, -0.05) is 0 Å². The third kappa shape index (κ3) is 3.39. The van der Waals surface area contributed by atoms with E-state index in [1.807, 2.05) is 0 Å². The first kappa shape index (κ1) is 13.7. The Hall–Kier alpha value is -0.740. The number of Topliss-reactive ketones (excluding diaryl/α,β-unsaturated/α-hetero) is 1. The molecule has 0 radical (unpaired) electrons. The molecule has 0 unspecified atom stereocenters. The van der Waals surface area contributed by atoms with Crippen molar-refractivity contribution in [2.45, 2.75) is 46.1 Å². The average Bonchev–Trinajstić information content (AvgIpc) is 2.78. The topological polar surface area (TPSA) is 33.2 Å². The summed E-state index contributed by atoms with van der Waals surface area (Å²) >= 11 is 1.57. The van der Waals surface area contributed by atoms with E-state index in [-0.39, 0.29) is 5.78 Å². The van der Waals surface area contributed by atoms with Crippen molar-refractivity contribution in [3.63, 3.8) is 0 Å². The van der Waals surface area contributed by atoms with Gasteiger partial charge in [0.15, 0.2) is 5.78 Å². The van der Waals surface area contributed by atoms with Crippen LogP contribution in [0.3, 0.4) is 0 Å². The number of nitrogens with zero attached hydrogens (tertiary/aromatic N) is 2. The maximum Gasteiger partial charge on any atom is 0.171 e. The third-order valence-electron chi connectivity index (χ3n) is 3.74. The van der Waals surface area contributed by atoms with Crippen LogP contribution in [0, 0.1) is 5.92 Å². The Balaban J connectivity index is 1.85. The van der Waals surface area contributed by atoms with Gasteiger partial charge in [-0.25, -0.2) is 4.98 Å². The minimum atomic E-state index is 0.133. The number of carbonyl (C=O) groups is 1. The first-order valence-electron chi connectivity index (χ1n) is 6.76. The molecule has 4 heteroatoms. The van der Waals surface area contributed by atoms with Crippen molar-refractivity contribution in [2.75, 3.05) is 13.1 Å².